The fourth-order valence-corrected chi connectivity index (χ4v) is 2.64. The SMILES string of the molecule is COC(=O)Cc1cc(NC(=O)c2cn[nH]c2C(C)C)c(F)c(Cl)c1Cl. The summed E-state index contributed by atoms with van der Waals surface area (Å²) >= 11 is 11.8. The first kappa shape index (κ1) is 19.2. The van der Waals surface area contributed by atoms with Crippen LogP contribution in [0.15, 0.2) is 12.3 Å². The number of aromatic amines is 1. The highest BCUT2D eigenvalue weighted by Gasteiger charge is 2.21. The van der Waals surface area contributed by atoms with Gasteiger partial charge in [-0.05, 0) is 17.5 Å². The zero-order valence-corrected chi connectivity index (χ0v) is 15.3. The van der Waals surface area contributed by atoms with Crippen molar-refractivity contribution in [3.05, 3.63) is 44.9 Å². The molecule has 1 aromatic heterocycles. The molecule has 0 bridgehead atoms. The van der Waals surface area contributed by atoms with Gasteiger partial charge in [0.25, 0.3) is 5.91 Å². The zero-order valence-electron chi connectivity index (χ0n) is 13.7. The van der Waals surface area contributed by atoms with Crippen molar-refractivity contribution >= 4 is 40.8 Å². The molecule has 0 unspecified atom stereocenters. The number of aromatic nitrogens is 2. The van der Waals surface area contributed by atoms with Crippen LogP contribution in [0.4, 0.5) is 10.1 Å². The van der Waals surface area contributed by atoms with E-state index in [0.717, 1.165) is 0 Å². The minimum atomic E-state index is -0.886. The standard InChI is InChI=1S/C16H16Cl2FN3O3/c1-7(2)15-9(6-20-22-15)16(24)21-10-4-8(5-11(23)25-3)12(17)13(18)14(10)19/h4,6-7H,5H2,1-3H3,(H,20,22)(H,21,24). The van der Waals surface area contributed by atoms with Crippen molar-refractivity contribution in [3.8, 4) is 0 Å². The average molecular weight is 388 g/mol. The Bertz CT molecular complexity index is 821. The summed E-state index contributed by atoms with van der Waals surface area (Å²) in [6.45, 7) is 3.77. The van der Waals surface area contributed by atoms with Gasteiger partial charge in [0.2, 0.25) is 0 Å². The first-order valence-electron chi connectivity index (χ1n) is 7.34. The molecule has 0 atom stereocenters. The number of esters is 1. The van der Waals surface area contributed by atoms with Gasteiger partial charge >= 0.3 is 5.97 Å². The molecule has 0 saturated carbocycles. The number of methoxy groups -OCH3 is 1. The average Bonchev–Trinajstić information content (AvgIpc) is 3.07. The smallest absolute Gasteiger partial charge is 0.310 e. The number of halogens is 3. The molecule has 2 rings (SSSR count). The van der Waals surface area contributed by atoms with Crippen molar-refractivity contribution in [1.82, 2.24) is 10.2 Å². The molecule has 2 N–H and O–H groups in total. The summed E-state index contributed by atoms with van der Waals surface area (Å²) in [5.41, 5.74) is 0.962. The van der Waals surface area contributed by atoms with E-state index in [1.165, 1.54) is 19.4 Å². The van der Waals surface area contributed by atoms with E-state index in [1.54, 1.807) is 0 Å². The van der Waals surface area contributed by atoms with Crippen molar-refractivity contribution in [2.45, 2.75) is 26.2 Å². The number of rotatable bonds is 5. The maximum absolute atomic E-state index is 14.4. The van der Waals surface area contributed by atoms with Gasteiger partial charge in [0, 0.05) is 0 Å². The van der Waals surface area contributed by atoms with E-state index < -0.39 is 17.7 Å². The van der Waals surface area contributed by atoms with Crippen LogP contribution in [0.2, 0.25) is 10.0 Å². The lowest BCUT2D eigenvalue weighted by atomic mass is 10.1. The molecule has 0 fully saturated rings. The number of carbonyl (C=O) groups excluding carboxylic acids is 2. The minimum absolute atomic E-state index is 0.0248. The van der Waals surface area contributed by atoms with Crippen LogP contribution < -0.4 is 5.32 Å². The molecule has 134 valence electrons. The summed E-state index contributed by atoms with van der Waals surface area (Å²) in [6, 6.07) is 1.26. The molecule has 0 spiro atoms. The third-order valence-electron chi connectivity index (χ3n) is 3.52. The number of amides is 1. The van der Waals surface area contributed by atoms with Gasteiger partial charge in [-0.3, -0.25) is 14.7 Å². The summed E-state index contributed by atoms with van der Waals surface area (Å²) in [7, 11) is 1.22. The van der Waals surface area contributed by atoms with Gasteiger partial charge in [0.15, 0.2) is 5.82 Å². The molecular weight excluding hydrogens is 372 g/mol. The molecule has 6 nitrogen and oxygen atoms in total. The number of hydrogen-bond donors (Lipinski definition) is 2. The maximum atomic E-state index is 14.4. The van der Waals surface area contributed by atoms with Crippen molar-refractivity contribution in [2.75, 3.05) is 12.4 Å². The van der Waals surface area contributed by atoms with E-state index in [4.69, 9.17) is 23.2 Å². The zero-order chi connectivity index (χ0) is 18.7. The lowest BCUT2D eigenvalue weighted by Crippen LogP contribution is -2.16. The summed E-state index contributed by atoms with van der Waals surface area (Å²) in [5, 5.41) is 8.53. The molecule has 0 radical (unpaired) electrons. The van der Waals surface area contributed by atoms with Crippen LogP contribution in [-0.2, 0) is 16.0 Å². The Morgan fingerprint density at radius 3 is 2.64 bits per heavy atom. The van der Waals surface area contributed by atoms with E-state index in [9.17, 15) is 14.0 Å². The third kappa shape index (κ3) is 4.11. The van der Waals surface area contributed by atoms with Crippen LogP contribution in [0.5, 0.6) is 0 Å². The van der Waals surface area contributed by atoms with Crippen LogP contribution in [0.3, 0.4) is 0 Å². The second-order valence-electron chi connectivity index (χ2n) is 5.58. The van der Waals surface area contributed by atoms with Gasteiger partial charge in [-0.2, -0.15) is 5.10 Å². The molecular formula is C16H16Cl2FN3O3. The summed E-state index contributed by atoms with van der Waals surface area (Å²) in [4.78, 5) is 23.9. The number of hydrogen-bond acceptors (Lipinski definition) is 4. The minimum Gasteiger partial charge on any atom is -0.469 e. The van der Waals surface area contributed by atoms with E-state index in [2.05, 4.69) is 20.3 Å². The second-order valence-corrected chi connectivity index (χ2v) is 6.34. The van der Waals surface area contributed by atoms with Gasteiger partial charge in [0.1, 0.15) is 0 Å². The molecule has 0 aliphatic rings. The predicted octanol–water partition coefficient (Wildman–Crippen LogP) is 3.95. The van der Waals surface area contributed by atoms with Crippen LogP contribution in [0.25, 0.3) is 0 Å². The Morgan fingerprint density at radius 1 is 1.36 bits per heavy atom. The van der Waals surface area contributed by atoms with E-state index in [-0.39, 0.29) is 39.2 Å². The highest BCUT2D eigenvalue weighted by Crippen LogP contribution is 2.34. The third-order valence-corrected chi connectivity index (χ3v) is 4.41. The Balaban J connectivity index is 2.37. The quantitative estimate of drug-likeness (QED) is 0.600. The van der Waals surface area contributed by atoms with Gasteiger partial charge in [-0.1, -0.05) is 37.0 Å². The van der Waals surface area contributed by atoms with Crippen LogP contribution in [0.1, 0.15) is 41.4 Å². The Hall–Kier alpha value is -2.12. The number of anilines is 1. The lowest BCUT2D eigenvalue weighted by Gasteiger charge is -2.13. The van der Waals surface area contributed by atoms with Gasteiger partial charge in [0.05, 0.1) is 46.7 Å². The van der Waals surface area contributed by atoms with Crippen molar-refractivity contribution in [3.63, 3.8) is 0 Å². The number of nitrogens with zero attached hydrogens (tertiary/aromatic N) is 1. The van der Waals surface area contributed by atoms with Crippen molar-refractivity contribution in [1.29, 1.82) is 0 Å². The molecule has 1 amide bonds. The number of H-pyrrole nitrogens is 1. The first-order valence-corrected chi connectivity index (χ1v) is 8.09. The number of ether oxygens (including phenoxy) is 1. The van der Waals surface area contributed by atoms with E-state index in [0.29, 0.717) is 5.69 Å². The number of benzene rings is 1. The molecule has 9 heteroatoms. The first-order chi connectivity index (χ1) is 11.8. The molecule has 0 aliphatic carbocycles. The lowest BCUT2D eigenvalue weighted by molar-refractivity contribution is -0.139. The highest BCUT2D eigenvalue weighted by molar-refractivity contribution is 6.43. The van der Waals surface area contributed by atoms with Gasteiger partial charge in [-0.25, -0.2) is 4.39 Å². The van der Waals surface area contributed by atoms with Crippen molar-refractivity contribution in [2.24, 2.45) is 0 Å². The summed E-state index contributed by atoms with van der Waals surface area (Å²) in [6.07, 6.45) is 1.15. The van der Waals surface area contributed by atoms with E-state index >= 15 is 0 Å². The molecule has 1 aromatic carbocycles. The highest BCUT2D eigenvalue weighted by atomic mass is 35.5. The molecule has 2 aromatic rings. The fourth-order valence-electron chi connectivity index (χ4n) is 2.21. The predicted molar refractivity (Wildman–Crippen MR) is 92.8 cm³/mol. The number of nitrogens with one attached hydrogen (secondary N) is 2. The fraction of sp³-hybridized carbons (Fsp3) is 0.312. The Morgan fingerprint density at radius 2 is 2.04 bits per heavy atom. The van der Waals surface area contributed by atoms with Gasteiger partial charge in [-0.15, -0.1) is 0 Å². The maximum Gasteiger partial charge on any atom is 0.310 e. The largest absolute Gasteiger partial charge is 0.469 e. The monoisotopic (exact) mass is 387 g/mol. The van der Waals surface area contributed by atoms with Crippen LogP contribution in [0, 0.1) is 5.82 Å². The normalized spacial score (nSPS) is 10.8. The Kier molecular flexibility index (Phi) is 6.02. The molecule has 0 saturated heterocycles. The van der Waals surface area contributed by atoms with E-state index in [1.807, 2.05) is 13.8 Å². The Labute approximate surface area is 153 Å². The van der Waals surface area contributed by atoms with Gasteiger partial charge < -0.3 is 10.1 Å². The molecule has 25 heavy (non-hydrogen) atoms. The topological polar surface area (TPSA) is 84.1 Å². The number of carbonyl (C=O) groups is 2. The summed E-state index contributed by atoms with van der Waals surface area (Å²) in [5.74, 6) is -1.99. The summed E-state index contributed by atoms with van der Waals surface area (Å²) < 4.78 is 18.9. The van der Waals surface area contributed by atoms with Crippen molar-refractivity contribution < 1.29 is 18.7 Å². The second kappa shape index (κ2) is 7.84. The van der Waals surface area contributed by atoms with Crippen LogP contribution >= 0.6 is 23.2 Å². The van der Waals surface area contributed by atoms with Crippen LogP contribution in [-0.4, -0.2) is 29.2 Å². The molecule has 0 aliphatic heterocycles. The molecule has 1 heterocycles.